The molecule has 0 radical (unpaired) electrons. The van der Waals surface area contributed by atoms with Gasteiger partial charge < -0.3 is 20.2 Å². The quantitative estimate of drug-likeness (QED) is 0.687. The lowest BCUT2D eigenvalue weighted by atomic mass is 10.1. The Kier molecular flexibility index (Phi) is 5.59. The molecule has 1 heterocycles. The van der Waals surface area contributed by atoms with E-state index in [9.17, 15) is 14.4 Å². The molecular weight excluding hydrogens is 250 g/mol. The molecule has 2 N–H and O–H groups in total. The average Bonchev–Trinajstić information content (AvgIpc) is 2.37. The fourth-order valence-corrected chi connectivity index (χ4v) is 1.77. The molecule has 1 atom stereocenters. The molecule has 1 aliphatic rings. The highest BCUT2D eigenvalue weighted by Crippen LogP contribution is 2.05. The number of nitrogens with zero attached hydrogens (tertiary/aromatic N) is 2. The zero-order valence-corrected chi connectivity index (χ0v) is 11.4. The number of rotatable bonds is 5. The van der Waals surface area contributed by atoms with Crippen molar-refractivity contribution in [2.45, 2.75) is 19.8 Å². The van der Waals surface area contributed by atoms with Gasteiger partial charge in [0.25, 0.3) is 0 Å². The average molecular weight is 271 g/mol. The maximum atomic E-state index is 11.8. The number of hydrogen-bond acceptors (Lipinski definition) is 3. The minimum absolute atomic E-state index is 0.0686. The topological polar surface area (TPSA) is 90.0 Å². The van der Waals surface area contributed by atoms with Crippen molar-refractivity contribution in [2.75, 3.05) is 33.2 Å². The first kappa shape index (κ1) is 15.3. The summed E-state index contributed by atoms with van der Waals surface area (Å²) in [5.74, 6) is -1.29. The predicted octanol–water partition coefficient (Wildman–Crippen LogP) is -0.0291. The van der Waals surface area contributed by atoms with E-state index in [-0.39, 0.29) is 18.5 Å². The van der Waals surface area contributed by atoms with E-state index in [1.54, 1.807) is 18.9 Å². The van der Waals surface area contributed by atoms with Gasteiger partial charge in [-0.3, -0.25) is 9.59 Å². The second-order valence-electron chi connectivity index (χ2n) is 4.85. The highest BCUT2D eigenvalue weighted by atomic mass is 16.4. The number of likely N-dealkylation sites (N-methyl/N-ethyl adjacent to an activating group) is 1. The molecule has 0 saturated carbocycles. The van der Waals surface area contributed by atoms with Crippen LogP contribution < -0.4 is 5.32 Å². The van der Waals surface area contributed by atoms with Crippen LogP contribution in [0.2, 0.25) is 0 Å². The number of piperazine rings is 1. The summed E-state index contributed by atoms with van der Waals surface area (Å²) in [4.78, 5) is 36.9. The van der Waals surface area contributed by atoms with E-state index in [2.05, 4.69) is 5.32 Å². The summed E-state index contributed by atoms with van der Waals surface area (Å²) in [6, 6.07) is -0.260. The van der Waals surface area contributed by atoms with Crippen molar-refractivity contribution in [3.8, 4) is 0 Å². The number of urea groups is 1. The van der Waals surface area contributed by atoms with Gasteiger partial charge in [-0.05, 0) is 12.8 Å². The van der Waals surface area contributed by atoms with Gasteiger partial charge in [-0.25, -0.2) is 4.79 Å². The molecule has 19 heavy (non-hydrogen) atoms. The van der Waals surface area contributed by atoms with Gasteiger partial charge in [-0.2, -0.15) is 0 Å². The number of carbonyl (C=O) groups is 3. The molecule has 1 unspecified atom stereocenters. The fraction of sp³-hybridized carbons (Fsp3) is 0.750. The van der Waals surface area contributed by atoms with Gasteiger partial charge in [0.1, 0.15) is 6.54 Å². The van der Waals surface area contributed by atoms with E-state index in [4.69, 9.17) is 5.11 Å². The van der Waals surface area contributed by atoms with Crippen LogP contribution in [0.15, 0.2) is 0 Å². The largest absolute Gasteiger partial charge is 0.481 e. The summed E-state index contributed by atoms with van der Waals surface area (Å²) < 4.78 is 0. The molecule has 1 fully saturated rings. The molecule has 0 aromatic rings. The Morgan fingerprint density at radius 2 is 2.11 bits per heavy atom. The van der Waals surface area contributed by atoms with Crippen LogP contribution in [0.5, 0.6) is 0 Å². The SMILES string of the molecule is CC(CCCNC(=O)N1CCN(C)C(=O)C1)C(=O)O. The molecule has 7 nitrogen and oxygen atoms in total. The minimum atomic E-state index is -0.823. The maximum Gasteiger partial charge on any atom is 0.317 e. The van der Waals surface area contributed by atoms with Crippen molar-refractivity contribution in [3.63, 3.8) is 0 Å². The van der Waals surface area contributed by atoms with E-state index in [1.807, 2.05) is 0 Å². The Balaban J connectivity index is 2.21. The molecule has 1 aliphatic heterocycles. The van der Waals surface area contributed by atoms with Crippen LogP contribution in [0, 0.1) is 5.92 Å². The molecule has 0 aliphatic carbocycles. The van der Waals surface area contributed by atoms with Crippen LogP contribution in [0.4, 0.5) is 4.79 Å². The molecule has 0 aromatic carbocycles. The molecule has 108 valence electrons. The number of carboxylic acids is 1. The number of amides is 3. The Hall–Kier alpha value is -1.79. The third kappa shape index (κ3) is 4.76. The Bertz CT molecular complexity index is 359. The molecule has 1 rings (SSSR count). The van der Waals surface area contributed by atoms with Gasteiger partial charge in [0, 0.05) is 26.7 Å². The van der Waals surface area contributed by atoms with Crippen molar-refractivity contribution in [1.29, 1.82) is 0 Å². The second-order valence-corrected chi connectivity index (χ2v) is 4.85. The van der Waals surface area contributed by atoms with Crippen LogP contribution >= 0.6 is 0 Å². The molecule has 0 bridgehead atoms. The normalized spacial score (nSPS) is 17.3. The van der Waals surface area contributed by atoms with Crippen molar-refractivity contribution < 1.29 is 19.5 Å². The number of carbonyl (C=O) groups excluding carboxylic acids is 2. The zero-order chi connectivity index (χ0) is 14.4. The summed E-state index contributed by atoms with van der Waals surface area (Å²) >= 11 is 0. The lowest BCUT2D eigenvalue weighted by molar-refractivity contribution is -0.141. The third-order valence-corrected chi connectivity index (χ3v) is 3.26. The van der Waals surface area contributed by atoms with E-state index in [1.165, 1.54) is 4.90 Å². The van der Waals surface area contributed by atoms with Crippen molar-refractivity contribution >= 4 is 17.9 Å². The van der Waals surface area contributed by atoms with Gasteiger partial charge in [0.05, 0.1) is 5.92 Å². The number of nitrogens with one attached hydrogen (secondary N) is 1. The van der Waals surface area contributed by atoms with Crippen LogP contribution in [-0.2, 0) is 9.59 Å². The van der Waals surface area contributed by atoms with Gasteiger partial charge in [0.15, 0.2) is 0 Å². The highest BCUT2D eigenvalue weighted by molar-refractivity contribution is 5.85. The van der Waals surface area contributed by atoms with Gasteiger partial charge in [0.2, 0.25) is 5.91 Å². The van der Waals surface area contributed by atoms with Crippen LogP contribution in [0.1, 0.15) is 19.8 Å². The molecule has 1 saturated heterocycles. The van der Waals surface area contributed by atoms with Gasteiger partial charge in [-0.1, -0.05) is 6.92 Å². The van der Waals surface area contributed by atoms with Crippen LogP contribution in [0.3, 0.4) is 0 Å². The molecule has 7 heteroatoms. The molecule has 0 aromatic heterocycles. The van der Waals surface area contributed by atoms with E-state index >= 15 is 0 Å². The third-order valence-electron chi connectivity index (χ3n) is 3.26. The lowest BCUT2D eigenvalue weighted by Crippen LogP contribution is -2.53. The van der Waals surface area contributed by atoms with E-state index in [0.29, 0.717) is 32.5 Å². The first-order chi connectivity index (χ1) is 8.91. The minimum Gasteiger partial charge on any atom is -0.481 e. The Morgan fingerprint density at radius 3 is 2.68 bits per heavy atom. The smallest absolute Gasteiger partial charge is 0.317 e. The van der Waals surface area contributed by atoms with Gasteiger partial charge >= 0.3 is 12.0 Å². The fourth-order valence-electron chi connectivity index (χ4n) is 1.77. The summed E-state index contributed by atoms with van der Waals surface area (Å²) in [5, 5.41) is 11.4. The predicted molar refractivity (Wildman–Crippen MR) is 68.6 cm³/mol. The lowest BCUT2D eigenvalue weighted by Gasteiger charge is -2.31. The van der Waals surface area contributed by atoms with E-state index < -0.39 is 11.9 Å². The second kappa shape index (κ2) is 6.96. The standard InChI is InChI=1S/C12H21N3O4/c1-9(11(17)18)4-3-5-13-12(19)15-7-6-14(2)10(16)8-15/h9H,3-8H2,1-2H3,(H,13,19)(H,17,18). The van der Waals surface area contributed by atoms with Gasteiger partial charge in [-0.15, -0.1) is 0 Å². The first-order valence-corrected chi connectivity index (χ1v) is 6.41. The zero-order valence-electron chi connectivity index (χ0n) is 11.4. The first-order valence-electron chi connectivity index (χ1n) is 6.41. The summed E-state index contributed by atoms with van der Waals surface area (Å²) in [6.07, 6.45) is 1.14. The van der Waals surface area contributed by atoms with Crippen molar-refractivity contribution in [3.05, 3.63) is 0 Å². The van der Waals surface area contributed by atoms with Crippen LogP contribution in [0.25, 0.3) is 0 Å². The molecular formula is C12H21N3O4. The van der Waals surface area contributed by atoms with Crippen molar-refractivity contribution in [2.24, 2.45) is 5.92 Å². The van der Waals surface area contributed by atoms with Crippen LogP contribution in [-0.4, -0.2) is 66.0 Å². The van der Waals surface area contributed by atoms with Crippen molar-refractivity contribution in [1.82, 2.24) is 15.1 Å². The summed E-state index contributed by atoms with van der Waals surface area (Å²) in [5.41, 5.74) is 0. The Labute approximate surface area is 112 Å². The molecule has 0 spiro atoms. The number of aliphatic carboxylic acids is 1. The summed E-state index contributed by atoms with van der Waals surface area (Å²) in [7, 11) is 1.71. The number of carboxylic acid groups (broad SMARTS) is 1. The van der Waals surface area contributed by atoms with E-state index in [0.717, 1.165) is 0 Å². The Morgan fingerprint density at radius 1 is 1.42 bits per heavy atom. The molecule has 3 amide bonds. The summed E-state index contributed by atoms with van der Waals surface area (Å²) in [6.45, 7) is 3.25. The highest BCUT2D eigenvalue weighted by Gasteiger charge is 2.24. The maximum absolute atomic E-state index is 11.8. The monoisotopic (exact) mass is 271 g/mol. The number of hydrogen-bond donors (Lipinski definition) is 2.